The summed E-state index contributed by atoms with van der Waals surface area (Å²) in [5, 5.41) is 0. The highest BCUT2D eigenvalue weighted by Gasteiger charge is 2.07. The summed E-state index contributed by atoms with van der Waals surface area (Å²) in [7, 11) is 0. The van der Waals surface area contributed by atoms with Crippen molar-refractivity contribution in [3.05, 3.63) is 49.8 Å². The lowest BCUT2D eigenvalue weighted by Gasteiger charge is -2.12. The zero-order chi connectivity index (χ0) is 14.5. The summed E-state index contributed by atoms with van der Waals surface area (Å²) in [6.45, 7) is 0.896. The molecule has 2 rings (SSSR count). The molecule has 2 aromatic rings. The number of hydrogen-bond acceptors (Lipinski definition) is 3. The lowest BCUT2D eigenvalue weighted by atomic mass is 10.3. The number of hydrogen-bond donors (Lipinski definition) is 1. The van der Waals surface area contributed by atoms with E-state index in [1.807, 2.05) is 24.3 Å². The van der Waals surface area contributed by atoms with Gasteiger partial charge in [0.25, 0.3) is 0 Å². The number of nitrogen functional groups attached to an aromatic ring is 1. The van der Waals surface area contributed by atoms with Gasteiger partial charge in [-0.3, -0.25) is 0 Å². The van der Waals surface area contributed by atoms with Gasteiger partial charge in [0.05, 0.1) is 8.95 Å². The first-order chi connectivity index (χ1) is 9.56. The highest BCUT2D eigenvalue weighted by Crippen LogP contribution is 2.35. The lowest BCUT2D eigenvalue weighted by molar-refractivity contribution is 0.215. The molecule has 0 fully saturated rings. The van der Waals surface area contributed by atoms with Crippen LogP contribution in [-0.4, -0.2) is 13.2 Å². The SMILES string of the molecule is Nc1cc(Br)c(OCCOc2cccc(Br)c2)c(Br)c1. The molecule has 0 unspecified atom stereocenters. The summed E-state index contributed by atoms with van der Waals surface area (Å²) in [5.41, 5.74) is 6.40. The fourth-order valence-corrected chi connectivity index (χ4v) is 3.41. The van der Waals surface area contributed by atoms with Gasteiger partial charge in [0.2, 0.25) is 0 Å². The van der Waals surface area contributed by atoms with Crippen LogP contribution in [0, 0.1) is 0 Å². The van der Waals surface area contributed by atoms with Gasteiger partial charge in [-0.2, -0.15) is 0 Å². The van der Waals surface area contributed by atoms with Crippen molar-refractivity contribution in [2.24, 2.45) is 0 Å². The molecule has 0 atom stereocenters. The largest absolute Gasteiger partial charge is 0.490 e. The Bertz CT molecular complexity index is 582. The Balaban J connectivity index is 1.88. The van der Waals surface area contributed by atoms with Crippen molar-refractivity contribution in [2.45, 2.75) is 0 Å². The summed E-state index contributed by atoms with van der Waals surface area (Å²) < 4.78 is 13.9. The molecule has 0 heterocycles. The van der Waals surface area contributed by atoms with Crippen LogP contribution in [0.4, 0.5) is 5.69 Å². The van der Waals surface area contributed by atoms with E-state index in [0.29, 0.717) is 18.9 Å². The third-order valence-corrected chi connectivity index (χ3v) is 4.09. The second kappa shape index (κ2) is 7.33. The molecule has 6 heteroatoms. The van der Waals surface area contributed by atoms with Gasteiger partial charge in [-0.25, -0.2) is 0 Å². The van der Waals surface area contributed by atoms with Gasteiger partial charge < -0.3 is 15.2 Å². The second-order valence-electron chi connectivity index (χ2n) is 3.97. The monoisotopic (exact) mass is 463 g/mol. The van der Waals surface area contributed by atoms with Gasteiger partial charge in [-0.05, 0) is 62.2 Å². The van der Waals surface area contributed by atoms with Crippen LogP contribution >= 0.6 is 47.8 Å². The molecule has 106 valence electrons. The first kappa shape index (κ1) is 15.7. The van der Waals surface area contributed by atoms with E-state index in [2.05, 4.69) is 47.8 Å². The first-order valence-electron chi connectivity index (χ1n) is 5.82. The molecule has 0 bridgehead atoms. The smallest absolute Gasteiger partial charge is 0.147 e. The van der Waals surface area contributed by atoms with E-state index in [1.54, 1.807) is 12.1 Å². The van der Waals surface area contributed by atoms with Crippen LogP contribution in [0.2, 0.25) is 0 Å². The van der Waals surface area contributed by atoms with Crippen LogP contribution < -0.4 is 15.2 Å². The normalized spacial score (nSPS) is 10.3. The van der Waals surface area contributed by atoms with Crippen molar-refractivity contribution in [3.8, 4) is 11.5 Å². The number of halogens is 3. The second-order valence-corrected chi connectivity index (χ2v) is 6.59. The minimum Gasteiger partial charge on any atom is -0.490 e. The molecule has 2 N–H and O–H groups in total. The zero-order valence-corrected chi connectivity index (χ0v) is 15.2. The molecule has 0 aromatic heterocycles. The molecule has 0 radical (unpaired) electrons. The van der Waals surface area contributed by atoms with Gasteiger partial charge in [0.1, 0.15) is 24.7 Å². The Labute approximate surface area is 142 Å². The maximum atomic E-state index is 5.73. The minimum absolute atomic E-state index is 0.438. The minimum atomic E-state index is 0.438. The van der Waals surface area contributed by atoms with Gasteiger partial charge in [0.15, 0.2) is 0 Å². The summed E-state index contributed by atoms with van der Waals surface area (Å²) in [6, 6.07) is 11.3. The topological polar surface area (TPSA) is 44.5 Å². The van der Waals surface area contributed by atoms with Crippen molar-refractivity contribution in [2.75, 3.05) is 18.9 Å². The van der Waals surface area contributed by atoms with Crippen LogP contribution in [0.25, 0.3) is 0 Å². The highest BCUT2D eigenvalue weighted by molar-refractivity contribution is 9.11. The molecule has 0 spiro atoms. The van der Waals surface area contributed by atoms with Crippen molar-refractivity contribution < 1.29 is 9.47 Å². The predicted molar refractivity (Wildman–Crippen MR) is 91.4 cm³/mol. The Morgan fingerprint density at radius 2 is 1.55 bits per heavy atom. The van der Waals surface area contributed by atoms with E-state index in [-0.39, 0.29) is 0 Å². The number of ether oxygens (including phenoxy) is 2. The molecular formula is C14H12Br3NO2. The Morgan fingerprint density at radius 1 is 0.900 bits per heavy atom. The van der Waals surface area contributed by atoms with E-state index in [0.717, 1.165) is 24.9 Å². The number of nitrogens with two attached hydrogens (primary N) is 1. The molecule has 20 heavy (non-hydrogen) atoms. The molecule has 2 aromatic carbocycles. The Kier molecular flexibility index (Phi) is 5.74. The summed E-state index contributed by atoms with van der Waals surface area (Å²) >= 11 is 10.2. The third-order valence-electron chi connectivity index (χ3n) is 2.42. The van der Waals surface area contributed by atoms with E-state index >= 15 is 0 Å². The fourth-order valence-electron chi connectivity index (χ4n) is 1.58. The van der Waals surface area contributed by atoms with Crippen LogP contribution in [-0.2, 0) is 0 Å². The lowest BCUT2D eigenvalue weighted by Crippen LogP contribution is -2.09. The third kappa shape index (κ3) is 4.40. The molecular weight excluding hydrogens is 454 g/mol. The highest BCUT2D eigenvalue weighted by atomic mass is 79.9. The van der Waals surface area contributed by atoms with E-state index in [1.165, 1.54) is 0 Å². The van der Waals surface area contributed by atoms with E-state index < -0.39 is 0 Å². The summed E-state index contributed by atoms with van der Waals surface area (Å²) in [6.07, 6.45) is 0. The van der Waals surface area contributed by atoms with Gasteiger partial charge in [0, 0.05) is 10.2 Å². The molecule has 0 aliphatic rings. The standard InChI is InChI=1S/C14H12Br3NO2/c15-9-2-1-3-11(6-9)19-4-5-20-14-12(16)7-10(18)8-13(14)17/h1-3,6-8H,4-5,18H2. The number of rotatable bonds is 5. The first-order valence-corrected chi connectivity index (χ1v) is 8.20. The van der Waals surface area contributed by atoms with Crippen molar-refractivity contribution in [1.82, 2.24) is 0 Å². The van der Waals surface area contributed by atoms with Crippen LogP contribution in [0.1, 0.15) is 0 Å². The maximum Gasteiger partial charge on any atom is 0.147 e. The zero-order valence-electron chi connectivity index (χ0n) is 10.4. The van der Waals surface area contributed by atoms with Crippen molar-refractivity contribution in [3.63, 3.8) is 0 Å². The van der Waals surface area contributed by atoms with E-state index in [9.17, 15) is 0 Å². The van der Waals surface area contributed by atoms with Gasteiger partial charge >= 0.3 is 0 Å². The summed E-state index contributed by atoms with van der Waals surface area (Å²) in [5.74, 6) is 1.52. The predicted octanol–water partition coefficient (Wildman–Crippen LogP) is 5.01. The fraction of sp³-hybridized carbons (Fsp3) is 0.143. The Morgan fingerprint density at radius 3 is 2.20 bits per heavy atom. The molecule has 0 saturated carbocycles. The molecule has 0 amide bonds. The van der Waals surface area contributed by atoms with Crippen LogP contribution in [0.3, 0.4) is 0 Å². The molecule has 0 saturated heterocycles. The maximum absolute atomic E-state index is 5.73. The van der Waals surface area contributed by atoms with E-state index in [4.69, 9.17) is 15.2 Å². The van der Waals surface area contributed by atoms with Gasteiger partial charge in [-0.15, -0.1) is 0 Å². The van der Waals surface area contributed by atoms with Crippen LogP contribution in [0.15, 0.2) is 49.8 Å². The molecule has 0 aliphatic carbocycles. The average molecular weight is 466 g/mol. The van der Waals surface area contributed by atoms with Crippen LogP contribution in [0.5, 0.6) is 11.5 Å². The van der Waals surface area contributed by atoms with Gasteiger partial charge in [-0.1, -0.05) is 22.0 Å². The quantitative estimate of drug-likeness (QED) is 0.498. The van der Waals surface area contributed by atoms with Crippen molar-refractivity contribution >= 4 is 53.5 Å². The number of anilines is 1. The Hall–Kier alpha value is -0.720. The molecule has 0 aliphatic heterocycles. The molecule has 3 nitrogen and oxygen atoms in total. The number of benzene rings is 2. The summed E-state index contributed by atoms with van der Waals surface area (Å²) in [4.78, 5) is 0. The average Bonchev–Trinajstić information content (AvgIpc) is 2.36. The van der Waals surface area contributed by atoms with Crippen molar-refractivity contribution in [1.29, 1.82) is 0 Å².